The number of benzene rings is 3. The molecule has 0 aromatic heterocycles. The number of aromatic hydroxyl groups is 4. The third-order valence-electron chi connectivity index (χ3n) is 5.92. The second kappa shape index (κ2) is 13.5. The number of rotatable bonds is 3. The predicted octanol–water partition coefficient (Wildman–Crippen LogP) is 0.797. The average molecular weight is 586 g/mol. The molecular formula is C27H27N3O12. The first-order valence-electron chi connectivity index (χ1n) is 11.8. The fourth-order valence-corrected chi connectivity index (χ4v) is 4.05. The summed E-state index contributed by atoms with van der Waals surface area (Å²) in [7, 11) is 0. The molecule has 0 unspecified atom stereocenters. The van der Waals surface area contributed by atoms with Gasteiger partial charge in [-0.05, 0) is 42.8 Å². The Hall–Kier alpha value is -5.83. The summed E-state index contributed by atoms with van der Waals surface area (Å²) < 4.78 is 0. The fraction of sp³-hybridized carbons (Fsp3) is 0.148. The highest BCUT2D eigenvalue weighted by Gasteiger charge is 2.39. The van der Waals surface area contributed by atoms with Gasteiger partial charge >= 0.3 is 11.9 Å². The highest BCUT2D eigenvalue weighted by atomic mass is 16.4. The van der Waals surface area contributed by atoms with Crippen molar-refractivity contribution in [2.75, 3.05) is 5.73 Å². The summed E-state index contributed by atoms with van der Waals surface area (Å²) in [6.07, 6.45) is 0.621. The normalized spacial score (nSPS) is 15.1. The molecule has 1 atom stereocenters. The number of aromatic carboxylic acids is 2. The minimum absolute atomic E-state index is 0. The maximum atomic E-state index is 12.3. The van der Waals surface area contributed by atoms with Crippen LogP contribution in [0.1, 0.15) is 49.5 Å². The Morgan fingerprint density at radius 2 is 1.29 bits per heavy atom. The van der Waals surface area contributed by atoms with Gasteiger partial charge in [-0.2, -0.15) is 0 Å². The topological polar surface area (TPSA) is 280 Å². The number of piperidine rings is 1. The Labute approximate surface area is 237 Å². The molecule has 3 amide bonds. The first-order valence-corrected chi connectivity index (χ1v) is 11.8. The maximum Gasteiger partial charge on any atom is 0.335 e. The van der Waals surface area contributed by atoms with Gasteiger partial charge in [0.15, 0.2) is 0 Å². The average Bonchev–Trinajstić information content (AvgIpc) is 3.21. The Morgan fingerprint density at radius 1 is 0.810 bits per heavy atom. The number of anilines is 1. The van der Waals surface area contributed by atoms with Crippen molar-refractivity contribution in [3.63, 3.8) is 0 Å². The highest BCUT2D eigenvalue weighted by molar-refractivity contribution is 6.06. The van der Waals surface area contributed by atoms with E-state index in [9.17, 15) is 24.0 Å². The number of carboxylic acids is 2. The Morgan fingerprint density at radius 3 is 1.69 bits per heavy atom. The molecule has 3 aromatic rings. The van der Waals surface area contributed by atoms with E-state index in [0.717, 1.165) is 42.0 Å². The van der Waals surface area contributed by atoms with Crippen molar-refractivity contribution in [1.82, 2.24) is 10.2 Å². The molecule has 3 aromatic carbocycles. The SMILES string of the molecule is Nc1cccc2c1CN([C@H]1CCC(=O)NC1=O)C2=O.O.O=C(O)c1cc(O)cc(O)c1.O=C(O)c1cc(O)cc(O)c1. The Balaban J connectivity index is 0.000000233. The number of nitrogens with zero attached hydrogens (tertiary/aromatic N) is 1. The molecule has 15 heteroatoms. The van der Waals surface area contributed by atoms with Crippen LogP contribution in [0.4, 0.5) is 5.69 Å². The lowest BCUT2D eigenvalue weighted by atomic mass is 10.0. The van der Waals surface area contributed by atoms with Crippen molar-refractivity contribution >= 4 is 35.3 Å². The van der Waals surface area contributed by atoms with Crippen molar-refractivity contribution in [2.45, 2.75) is 25.4 Å². The summed E-state index contributed by atoms with van der Waals surface area (Å²) >= 11 is 0. The lowest BCUT2D eigenvalue weighted by molar-refractivity contribution is -0.136. The minimum atomic E-state index is -1.18. The summed E-state index contributed by atoms with van der Waals surface area (Å²) in [6, 6.07) is 10.9. The molecule has 5 rings (SSSR count). The molecule has 42 heavy (non-hydrogen) atoms. The van der Waals surface area contributed by atoms with Crippen molar-refractivity contribution in [3.8, 4) is 23.0 Å². The van der Waals surface area contributed by atoms with E-state index >= 15 is 0 Å². The number of carbonyl (C=O) groups is 5. The monoisotopic (exact) mass is 585 g/mol. The van der Waals surface area contributed by atoms with E-state index in [0.29, 0.717) is 24.2 Å². The second-order valence-corrected chi connectivity index (χ2v) is 8.86. The second-order valence-electron chi connectivity index (χ2n) is 8.86. The third kappa shape index (κ3) is 7.86. The van der Waals surface area contributed by atoms with E-state index in [1.54, 1.807) is 18.2 Å². The van der Waals surface area contributed by atoms with Gasteiger partial charge in [-0.15, -0.1) is 0 Å². The number of hydrogen-bond donors (Lipinski definition) is 8. The zero-order valence-electron chi connectivity index (χ0n) is 21.6. The number of fused-ring (bicyclic) bond motifs is 1. The van der Waals surface area contributed by atoms with Gasteiger partial charge in [-0.25, -0.2) is 9.59 Å². The molecule has 15 nitrogen and oxygen atoms in total. The molecule has 0 aliphatic carbocycles. The number of nitrogen functional groups attached to an aromatic ring is 1. The van der Waals surface area contributed by atoms with Crippen molar-refractivity contribution in [3.05, 3.63) is 76.9 Å². The van der Waals surface area contributed by atoms with Gasteiger partial charge in [0.1, 0.15) is 29.0 Å². The largest absolute Gasteiger partial charge is 0.508 e. The van der Waals surface area contributed by atoms with E-state index in [1.165, 1.54) is 4.90 Å². The van der Waals surface area contributed by atoms with Crippen LogP contribution in [0.5, 0.6) is 23.0 Å². The number of hydrogen-bond acceptors (Lipinski definition) is 10. The highest BCUT2D eigenvalue weighted by Crippen LogP contribution is 2.30. The first kappa shape index (κ1) is 32.4. The van der Waals surface area contributed by atoms with Gasteiger partial charge in [0.2, 0.25) is 11.8 Å². The zero-order chi connectivity index (χ0) is 30.4. The van der Waals surface area contributed by atoms with Gasteiger partial charge in [0.05, 0.1) is 11.1 Å². The Kier molecular flexibility index (Phi) is 10.4. The molecule has 1 fully saturated rings. The number of carbonyl (C=O) groups excluding carboxylic acids is 3. The van der Waals surface area contributed by atoms with Gasteiger partial charge in [0, 0.05) is 41.9 Å². The molecule has 0 bridgehead atoms. The molecule has 2 heterocycles. The number of nitrogens with two attached hydrogens (primary N) is 1. The van der Waals surface area contributed by atoms with E-state index in [4.69, 9.17) is 36.4 Å². The molecule has 0 radical (unpaired) electrons. The predicted molar refractivity (Wildman–Crippen MR) is 144 cm³/mol. The summed E-state index contributed by atoms with van der Waals surface area (Å²) in [6.45, 7) is 0.327. The molecule has 11 N–H and O–H groups in total. The van der Waals surface area contributed by atoms with Gasteiger partial charge < -0.3 is 46.7 Å². The number of carboxylic acid groups (broad SMARTS) is 2. The lowest BCUT2D eigenvalue weighted by Gasteiger charge is -2.29. The van der Waals surface area contributed by atoms with Crippen LogP contribution in [-0.4, -0.2) is 76.7 Å². The van der Waals surface area contributed by atoms with Crippen LogP contribution in [-0.2, 0) is 16.1 Å². The standard InChI is InChI=1S/C13H13N3O3.2C7H6O4.H2O/c14-9-3-1-2-7-8(9)6-16(13(7)19)10-4-5-11(17)15-12(10)18;2*8-5-1-4(7(10)11)2-6(9)3-5;/h1-3,10H,4-6,14H2,(H,15,17,18);2*1-3,8-9H,(H,10,11);1H2/t10-;;;/m0.../s1. The molecule has 0 saturated carbocycles. The molecule has 2 aliphatic heterocycles. The van der Waals surface area contributed by atoms with Crippen LogP contribution >= 0.6 is 0 Å². The number of phenolic OH excluding ortho intramolecular Hbond substituents is 4. The summed E-state index contributed by atoms with van der Waals surface area (Å²) in [5.74, 6) is -4.31. The fourth-order valence-electron chi connectivity index (χ4n) is 4.05. The molecule has 0 spiro atoms. The number of amides is 3. The molecule has 2 aliphatic rings. The first-order chi connectivity index (χ1) is 19.3. The number of imide groups is 1. The van der Waals surface area contributed by atoms with E-state index < -0.39 is 23.9 Å². The van der Waals surface area contributed by atoms with E-state index in [1.807, 2.05) is 0 Å². The number of nitrogens with one attached hydrogen (secondary N) is 1. The summed E-state index contributed by atoms with van der Waals surface area (Å²) in [5.41, 5.74) is 7.44. The van der Waals surface area contributed by atoms with Crippen LogP contribution in [0, 0.1) is 0 Å². The summed E-state index contributed by atoms with van der Waals surface area (Å²) in [4.78, 5) is 57.3. The van der Waals surface area contributed by atoms with Gasteiger partial charge in [-0.3, -0.25) is 19.7 Å². The lowest BCUT2D eigenvalue weighted by Crippen LogP contribution is -2.52. The minimum Gasteiger partial charge on any atom is -0.508 e. The third-order valence-corrected chi connectivity index (χ3v) is 5.92. The van der Waals surface area contributed by atoms with Crippen LogP contribution in [0.2, 0.25) is 0 Å². The summed E-state index contributed by atoms with van der Waals surface area (Å²) in [5, 5.41) is 54.4. The van der Waals surface area contributed by atoms with Crippen LogP contribution in [0.3, 0.4) is 0 Å². The van der Waals surface area contributed by atoms with Crippen molar-refractivity contribution in [2.24, 2.45) is 0 Å². The van der Waals surface area contributed by atoms with Crippen LogP contribution in [0.15, 0.2) is 54.6 Å². The molecular weight excluding hydrogens is 558 g/mol. The van der Waals surface area contributed by atoms with Gasteiger partial charge in [-0.1, -0.05) is 6.07 Å². The Bertz CT molecular complexity index is 1440. The van der Waals surface area contributed by atoms with Crippen LogP contribution < -0.4 is 11.1 Å². The van der Waals surface area contributed by atoms with Crippen molar-refractivity contribution < 1.29 is 60.1 Å². The zero-order valence-corrected chi connectivity index (χ0v) is 21.6. The quantitative estimate of drug-likeness (QED) is 0.156. The molecule has 1 saturated heterocycles. The van der Waals surface area contributed by atoms with E-state index in [2.05, 4.69) is 5.32 Å². The molecule has 222 valence electrons. The van der Waals surface area contributed by atoms with Crippen LogP contribution in [0.25, 0.3) is 0 Å². The maximum absolute atomic E-state index is 12.3. The number of phenols is 4. The van der Waals surface area contributed by atoms with Crippen molar-refractivity contribution in [1.29, 1.82) is 0 Å². The smallest absolute Gasteiger partial charge is 0.335 e. The van der Waals surface area contributed by atoms with E-state index in [-0.39, 0.29) is 57.8 Å². The van der Waals surface area contributed by atoms with Gasteiger partial charge in [0.25, 0.3) is 5.91 Å².